The van der Waals surface area contributed by atoms with Crippen molar-refractivity contribution in [3.05, 3.63) is 11.7 Å². The smallest absolute Gasteiger partial charge is 0.226 e. The number of amides is 1. The van der Waals surface area contributed by atoms with Gasteiger partial charge in [0.05, 0.1) is 0 Å². The fourth-order valence-electron chi connectivity index (χ4n) is 2.44. The molecule has 0 saturated carbocycles. The first-order valence-corrected chi connectivity index (χ1v) is 7.56. The Morgan fingerprint density at radius 1 is 1.45 bits per heavy atom. The largest absolute Gasteiger partial charge is 0.356 e. The number of rotatable bonds is 7. The second kappa shape index (κ2) is 7.99. The predicted molar refractivity (Wildman–Crippen MR) is 75.2 cm³/mol. The van der Waals surface area contributed by atoms with Crippen LogP contribution in [0.3, 0.4) is 0 Å². The molecule has 6 heteroatoms. The quantitative estimate of drug-likeness (QED) is 0.781. The molecule has 6 nitrogen and oxygen atoms in total. The van der Waals surface area contributed by atoms with Crippen molar-refractivity contribution in [2.24, 2.45) is 5.92 Å². The van der Waals surface area contributed by atoms with Crippen molar-refractivity contribution < 1.29 is 9.32 Å². The molecule has 1 amide bonds. The summed E-state index contributed by atoms with van der Waals surface area (Å²) in [7, 11) is 0. The SMILES string of the molecule is CCc1nc(CCNC(=O)CCC2CCNCC2)no1. The lowest BCUT2D eigenvalue weighted by Gasteiger charge is -2.22. The average molecular weight is 280 g/mol. The topological polar surface area (TPSA) is 80.0 Å². The predicted octanol–water partition coefficient (Wildman–Crippen LogP) is 1.07. The average Bonchev–Trinajstić information content (AvgIpc) is 2.94. The summed E-state index contributed by atoms with van der Waals surface area (Å²) in [6.45, 7) is 4.72. The summed E-state index contributed by atoms with van der Waals surface area (Å²) in [5.41, 5.74) is 0. The molecule has 1 aromatic heterocycles. The molecule has 0 radical (unpaired) electrons. The van der Waals surface area contributed by atoms with E-state index in [-0.39, 0.29) is 5.91 Å². The van der Waals surface area contributed by atoms with Crippen LogP contribution in [0.25, 0.3) is 0 Å². The summed E-state index contributed by atoms with van der Waals surface area (Å²) in [6, 6.07) is 0. The second-order valence-corrected chi connectivity index (χ2v) is 5.29. The van der Waals surface area contributed by atoms with Crippen LogP contribution in [0, 0.1) is 5.92 Å². The number of carbonyl (C=O) groups is 1. The van der Waals surface area contributed by atoms with Crippen molar-refractivity contribution >= 4 is 5.91 Å². The highest BCUT2D eigenvalue weighted by atomic mass is 16.5. The number of nitrogens with zero attached hydrogens (tertiary/aromatic N) is 2. The van der Waals surface area contributed by atoms with Crippen LogP contribution in [-0.2, 0) is 17.6 Å². The van der Waals surface area contributed by atoms with Gasteiger partial charge in [0.15, 0.2) is 5.82 Å². The highest BCUT2D eigenvalue weighted by molar-refractivity contribution is 5.75. The lowest BCUT2D eigenvalue weighted by Crippen LogP contribution is -2.30. The third-order valence-electron chi connectivity index (χ3n) is 3.72. The summed E-state index contributed by atoms with van der Waals surface area (Å²) in [6.07, 6.45) is 5.37. The summed E-state index contributed by atoms with van der Waals surface area (Å²) >= 11 is 0. The molecule has 1 aromatic rings. The van der Waals surface area contributed by atoms with Crippen molar-refractivity contribution in [1.29, 1.82) is 0 Å². The number of carbonyl (C=O) groups excluding carboxylic acids is 1. The number of nitrogens with one attached hydrogen (secondary N) is 2. The standard InChI is InChI=1S/C14H24N4O2/c1-2-14-17-12(18-20-14)7-10-16-13(19)4-3-11-5-8-15-9-6-11/h11,15H,2-10H2,1H3,(H,16,19). The van der Waals surface area contributed by atoms with E-state index in [4.69, 9.17) is 4.52 Å². The number of aromatic nitrogens is 2. The number of piperidine rings is 1. The Bertz CT molecular complexity index is 413. The zero-order valence-electron chi connectivity index (χ0n) is 12.2. The summed E-state index contributed by atoms with van der Waals surface area (Å²) in [5.74, 6) is 2.15. The van der Waals surface area contributed by atoms with Crippen LogP contribution in [0.15, 0.2) is 4.52 Å². The van der Waals surface area contributed by atoms with Crippen molar-refractivity contribution in [2.75, 3.05) is 19.6 Å². The first kappa shape index (κ1) is 15.0. The maximum Gasteiger partial charge on any atom is 0.226 e. The monoisotopic (exact) mass is 280 g/mol. The Morgan fingerprint density at radius 2 is 2.25 bits per heavy atom. The maximum absolute atomic E-state index is 11.7. The summed E-state index contributed by atoms with van der Waals surface area (Å²) in [5, 5.41) is 10.1. The molecule has 0 aromatic carbocycles. The molecule has 1 aliphatic rings. The van der Waals surface area contributed by atoms with E-state index in [2.05, 4.69) is 20.8 Å². The Kier molecular flexibility index (Phi) is 5.98. The fraction of sp³-hybridized carbons (Fsp3) is 0.786. The molecule has 0 spiro atoms. The van der Waals surface area contributed by atoms with Crippen molar-refractivity contribution in [2.45, 2.75) is 45.4 Å². The molecule has 20 heavy (non-hydrogen) atoms. The first-order chi connectivity index (χ1) is 9.78. The van der Waals surface area contributed by atoms with Crippen LogP contribution in [0.1, 0.15) is 44.3 Å². The normalized spacial score (nSPS) is 16.2. The Hall–Kier alpha value is -1.43. The van der Waals surface area contributed by atoms with E-state index >= 15 is 0 Å². The summed E-state index contributed by atoms with van der Waals surface area (Å²) in [4.78, 5) is 16.0. The van der Waals surface area contributed by atoms with Crippen molar-refractivity contribution in [3.8, 4) is 0 Å². The molecular formula is C14H24N4O2. The fourth-order valence-corrected chi connectivity index (χ4v) is 2.44. The van der Waals surface area contributed by atoms with E-state index < -0.39 is 0 Å². The van der Waals surface area contributed by atoms with Crippen molar-refractivity contribution in [1.82, 2.24) is 20.8 Å². The van der Waals surface area contributed by atoms with Gasteiger partial charge in [-0.25, -0.2) is 0 Å². The zero-order valence-corrected chi connectivity index (χ0v) is 12.2. The van der Waals surface area contributed by atoms with E-state index in [9.17, 15) is 4.79 Å². The highest BCUT2D eigenvalue weighted by Crippen LogP contribution is 2.17. The van der Waals surface area contributed by atoms with Crippen LogP contribution in [0.5, 0.6) is 0 Å². The van der Waals surface area contributed by atoms with Gasteiger partial charge in [-0.2, -0.15) is 4.98 Å². The molecule has 1 aliphatic heterocycles. The van der Waals surface area contributed by atoms with E-state index in [1.54, 1.807) is 0 Å². The number of hydrogen-bond donors (Lipinski definition) is 2. The number of aryl methyl sites for hydroxylation is 1. The van der Waals surface area contributed by atoms with Crippen LogP contribution in [0.2, 0.25) is 0 Å². The van der Waals surface area contributed by atoms with Crippen LogP contribution in [0.4, 0.5) is 0 Å². The summed E-state index contributed by atoms with van der Waals surface area (Å²) < 4.78 is 5.02. The van der Waals surface area contributed by atoms with Gasteiger partial charge in [0.25, 0.3) is 0 Å². The third-order valence-corrected chi connectivity index (χ3v) is 3.72. The van der Waals surface area contributed by atoms with E-state index in [0.717, 1.165) is 25.9 Å². The van der Waals surface area contributed by atoms with Gasteiger partial charge >= 0.3 is 0 Å². The highest BCUT2D eigenvalue weighted by Gasteiger charge is 2.14. The lowest BCUT2D eigenvalue weighted by atomic mass is 9.93. The van der Waals surface area contributed by atoms with Gasteiger partial charge in [-0.3, -0.25) is 4.79 Å². The molecule has 0 atom stereocenters. The van der Waals surface area contributed by atoms with Crippen LogP contribution >= 0.6 is 0 Å². The molecule has 1 saturated heterocycles. The maximum atomic E-state index is 11.7. The Balaban J connectivity index is 1.57. The molecule has 1 fully saturated rings. The van der Waals surface area contributed by atoms with E-state index in [0.29, 0.717) is 37.0 Å². The van der Waals surface area contributed by atoms with Crippen molar-refractivity contribution in [3.63, 3.8) is 0 Å². The van der Waals surface area contributed by atoms with Gasteiger partial charge in [-0.05, 0) is 38.3 Å². The first-order valence-electron chi connectivity index (χ1n) is 7.56. The van der Waals surface area contributed by atoms with Crippen LogP contribution in [-0.4, -0.2) is 35.7 Å². The molecular weight excluding hydrogens is 256 g/mol. The van der Waals surface area contributed by atoms with Gasteiger partial charge in [0, 0.05) is 25.8 Å². The molecule has 2 rings (SSSR count). The minimum absolute atomic E-state index is 0.128. The molecule has 0 unspecified atom stereocenters. The zero-order chi connectivity index (χ0) is 14.2. The molecule has 0 aliphatic carbocycles. The molecule has 2 heterocycles. The van der Waals surface area contributed by atoms with E-state index in [1.807, 2.05) is 6.92 Å². The third kappa shape index (κ3) is 4.92. The van der Waals surface area contributed by atoms with Gasteiger partial charge in [-0.15, -0.1) is 0 Å². The Morgan fingerprint density at radius 3 is 2.95 bits per heavy atom. The molecule has 2 N–H and O–H groups in total. The van der Waals surface area contributed by atoms with E-state index in [1.165, 1.54) is 12.8 Å². The number of hydrogen-bond acceptors (Lipinski definition) is 5. The lowest BCUT2D eigenvalue weighted by molar-refractivity contribution is -0.121. The minimum atomic E-state index is 0.128. The second-order valence-electron chi connectivity index (χ2n) is 5.29. The van der Waals surface area contributed by atoms with Gasteiger partial charge in [0.2, 0.25) is 11.8 Å². The van der Waals surface area contributed by atoms with Gasteiger partial charge in [-0.1, -0.05) is 12.1 Å². The van der Waals surface area contributed by atoms with Gasteiger partial charge < -0.3 is 15.2 Å². The minimum Gasteiger partial charge on any atom is -0.356 e. The Labute approximate surface area is 119 Å². The molecule has 112 valence electrons. The van der Waals surface area contributed by atoms with Gasteiger partial charge in [0.1, 0.15) is 0 Å². The molecule has 0 bridgehead atoms. The van der Waals surface area contributed by atoms with Crippen LogP contribution < -0.4 is 10.6 Å².